The molecule has 0 heterocycles. The van der Waals surface area contributed by atoms with Gasteiger partial charge in [0.2, 0.25) is 12.8 Å². The van der Waals surface area contributed by atoms with Gasteiger partial charge in [-0.15, -0.1) is 0 Å². The van der Waals surface area contributed by atoms with E-state index in [0.717, 1.165) is 18.2 Å². The first-order valence-corrected chi connectivity index (χ1v) is 26.7. The molecule has 70 heavy (non-hydrogen) atoms. The van der Waals surface area contributed by atoms with Crippen LogP contribution >= 0.6 is 0 Å². The van der Waals surface area contributed by atoms with Gasteiger partial charge in [0, 0.05) is 33.8 Å². The standard InChI is InChI=1S/C36H27N5O23S6/c1-18-2-3-21(10-29(18)41(45)46)37-36(44)38-22-8-23(39(16-42)30-12-25(65(47,48)49)4-19-6-27(67(53,54)55)14-32(34(19)30)69(59,60)61)11-24(9-22)40(17-43)31-13-26(66(50,51)52)5-20-7-28(68(56,57)58)15-33(35(20)31)70(62,63)64/h2-17H,1H3,(H2,37,38,44)(H,47,48,49)(H,50,51,52)(H,53,54,55)(H,56,57,58)(H,59,60,61)(H,62,63,64). The van der Waals surface area contributed by atoms with Crippen LogP contribution in [0.4, 0.5) is 44.6 Å². The van der Waals surface area contributed by atoms with Crippen LogP contribution in [-0.2, 0) is 70.3 Å². The molecule has 6 aromatic rings. The molecule has 0 bridgehead atoms. The zero-order chi connectivity index (χ0) is 52.4. The third-order valence-corrected chi connectivity index (χ3v) is 14.8. The lowest BCUT2D eigenvalue weighted by molar-refractivity contribution is -0.385. The van der Waals surface area contributed by atoms with Gasteiger partial charge in [0.05, 0.1) is 47.3 Å². The summed E-state index contributed by atoms with van der Waals surface area (Å²) in [6.45, 7) is 1.37. The summed E-state index contributed by atoms with van der Waals surface area (Å²) < 4.78 is 211. The molecular weight excluding hydrogens is 1060 g/mol. The summed E-state index contributed by atoms with van der Waals surface area (Å²) in [4.78, 5) is 43.5. The Morgan fingerprint density at radius 2 is 0.871 bits per heavy atom. The third kappa shape index (κ3) is 10.9. The number of nitrogens with zero attached hydrogens (tertiary/aromatic N) is 3. The molecule has 0 fully saturated rings. The molecule has 8 N–H and O–H groups in total. The maximum Gasteiger partial charge on any atom is 0.323 e. The molecule has 0 aliphatic carbocycles. The number of hydrogen-bond acceptors (Lipinski definition) is 17. The first kappa shape index (κ1) is 52.3. The Balaban J connectivity index is 1.74. The first-order chi connectivity index (χ1) is 32.0. The number of aryl methyl sites for hydroxylation is 1. The fourth-order valence-corrected chi connectivity index (χ4v) is 10.6. The molecule has 0 spiro atoms. The van der Waals surface area contributed by atoms with Crippen LogP contribution in [0.3, 0.4) is 0 Å². The molecule has 0 radical (unpaired) electrons. The predicted octanol–water partition coefficient (Wildman–Crippen LogP) is 3.92. The zero-order valence-electron chi connectivity index (χ0n) is 34.2. The zero-order valence-corrected chi connectivity index (χ0v) is 39.1. The fraction of sp³-hybridized carbons (Fsp3) is 0.0278. The highest BCUT2D eigenvalue weighted by atomic mass is 32.2. The second kappa shape index (κ2) is 18.0. The van der Waals surface area contributed by atoms with E-state index in [4.69, 9.17) is 0 Å². The summed E-state index contributed by atoms with van der Waals surface area (Å²) in [5.74, 6) is 0. The molecule has 0 aliphatic heterocycles. The van der Waals surface area contributed by atoms with Crippen molar-refractivity contribution in [3.05, 3.63) is 101 Å². The second-order valence-corrected chi connectivity index (χ2v) is 22.8. The number of nitro groups is 1. The summed E-state index contributed by atoms with van der Waals surface area (Å²) in [7, 11) is -33.1. The summed E-state index contributed by atoms with van der Waals surface area (Å²) >= 11 is 0. The van der Waals surface area contributed by atoms with Crippen molar-refractivity contribution in [2.24, 2.45) is 0 Å². The van der Waals surface area contributed by atoms with Crippen molar-refractivity contribution in [3.8, 4) is 0 Å². The number of anilines is 6. The quantitative estimate of drug-likeness (QED) is 0.0312. The Labute approximate surface area is 393 Å². The Kier molecular flexibility index (Phi) is 13.5. The number of amides is 4. The van der Waals surface area contributed by atoms with Gasteiger partial charge in [-0.2, -0.15) is 50.5 Å². The molecular formula is C36H27N5O23S6. The molecule has 6 aromatic carbocycles. The number of nitro benzene ring substituents is 1. The summed E-state index contributed by atoms with van der Waals surface area (Å²) in [6, 6.07) is 7.34. The Morgan fingerprint density at radius 3 is 1.20 bits per heavy atom. The summed E-state index contributed by atoms with van der Waals surface area (Å²) in [6.07, 6.45) is -0.456. The molecule has 0 saturated heterocycles. The Hall–Kier alpha value is -7.09. The molecule has 0 unspecified atom stereocenters. The minimum absolute atomic E-state index is 0.158. The van der Waals surface area contributed by atoms with Gasteiger partial charge in [-0.3, -0.25) is 56.8 Å². The van der Waals surface area contributed by atoms with E-state index in [2.05, 4.69) is 10.6 Å². The van der Waals surface area contributed by atoms with Gasteiger partial charge in [0.15, 0.2) is 0 Å². The highest BCUT2D eigenvalue weighted by Crippen LogP contribution is 2.44. The molecule has 28 nitrogen and oxygen atoms in total. The Morgan fingerprint density at radius 1 is 0.514 bits per heavy atom. The number of nitrogens with one attached hydrogen (secondary N) is 2. The number of rotatable bonds is 15. The second-order valence-electron chi connectivity index (χ2n) is 14.3. The van der Waals surface area contributed by atoms with Crippen LogP contribution in [-0.4, -0.2) is 102 Å². The molecule has 370 valence electrons. The van der Waals surface area contributed by atoms with Crippen LogP contribution in [0, 0.1) is 17.0 Å². The first-order valence-electron chi connectivity index (χ1n) is 18.1. The minimum atomic E-state index is -5.68. The Bertz CT molecular complexity index is 3790. The maximum absolute atomic E-state index is 13.5. The SMILES string of the molecule is Cc1ccc(NC(=O)Nc2cc(N(C=O)c3cc(S(=O)(=O)O)cc4cc(S(=O)(=O)O)cc(S(=O)(=O)O)c34)cc(N(C=O)c3cc(S(=O)(=O)O)cc4cc(S(=O)(=O)O)cc(S(=O)(=O)O)c34)c2)cc1[N+](=O)[O-]. The minimum Gasteiger partial charge on any atom is -0.308 e. The molecule has 4 amide bonds. The topological polar surface area (TPSA) is 451 Å². The highest BCUT2D eigenvalue weighted by molar-refractivity contribution is 7.87. The van der Waals surface area contributed by atoms with Gasteiger partial charge in [-0.1, -0.05) is 6.07 Å². The number of carbonyl (C=O) groups excluding carboxylic acids is 3. The van der Waals surface area contributed by atoms with Crippen LogP contribution in [0.15, 0.2) is 114 Å². The van der Waals surface area contributed by atoms with Crippen molar-refractivity contribution in [3.63, 3.8) is 0 Å². The van der Waals surface area contributed by atoms with E-state index in [1.165, 1.54) is 19.1 Å². The van der Waals surface area contributed by atoms with E-state index in [-0.39, 0.29) is 46.0 Å². The molecule has 0 saturated carbocycles. The van der Waals surface area contributed by atoms with E-state index in [0.29, 0.717) is 42.5 Å². The van der Waals surface area contributed by atoms with Crippen LogP contribution in [0.2, 0.25) is 0 Å². The smallest absolute Gasteiger partial charge is 0.308 e. The lowest BCUT2D eigenvalue weighted by atomic mass is 10.1. The van der Waals surface area contributed by atoms with Gasteiger partial charge < -0.3 is 10.6 Å². The van der Waals surface area contributed by atoms with E-state index >= 15 is 0 Å². The largest absolute Gasteiger partial charge is 0.323 e. The molecule has 0 aromatic heterocycles. The highest BCUT2D eigenvalue weighted by Gasteiger charge is 2.31. The van der Waals surface area contributed by atoms with Gasteiger partial charge in [-0.25, -0.2) is 4.79 Å². The average Bonchev–Trinajstić information content (AvgIpc) is 3.21. The van der Waals surface area contributed by atoms with Crippen molar-refractivity contribution in [2.45, 2.75) is 36.3 Å². The maximum atomic E-state index is 13.5. The molecule has 6 rings (SSSR count). The number of benzene rings is 6. The van der Waals surface area contributed by atoms with Gasteiger partial charge in [0.25, 0.3) is 66.4 Å². The van der Waals surface area contributed by atoms with E-state index in [1.54, 1.807) is 0 Å². The summed E-state index contributed by atoms with van der Waals surface area (Å²) in [5, 5.41) is 12.5. The van der Waals surface area contributed by atoms with Crippen molar-refractivity contribution in [1.29, 1.82) is 0 Å². The van der Waals surface area contributed by atoms with E-state index < -0.39 is 157 Å². The lowest BCUT2D eigenvalue weighted by Gasteiger charge is -2.26. The number of carbonyl (C=O) groups is 3. The molecule has 0 aliphatic rings. The molecule has 34 heteroatoms. The number of urea groups is 1. The third-order valence-electron chi connectivity index (χ3n) is 9.74. The van der Waals surface area contributed by atoms with Crippen LogP contribution in [0.5, 0.6) is 0 Å². The summed E-state index contributed by atoms with van der Waals surface area (Å²) in [5.41, 5.74) is -4.70. The van der Waals surface area contributed by atoms with Crippen molar-refractivity contribution in [1.82, 2.24) is 0 Å². The van der Waals surface area contributed by atoms with Gasteiger partial charge in [-0.05, 0) is 90.5 Å². The van der Waals surface area contributed by atoms with E-state index in [1.807, 2.05) is 0 Å². The van der Waals surface area contributed by atoms with Gasteiger partial charge >= 0.3 is 6.03 Å². The average molecular weight is 1090 g/mol. The van der Waals surface area contributed by atoms with Gasteiger partial charge in [0.1, 0.15) is 9.79 Å². The molecule has 0 atom stereocenters. The fourth-order valence-electron chi connectivity index (χ4n) is 6.82. The number of fused-ring (bicyclic) bond motifs is 2. The van der Waals surface area contributed by atoms with E-state index in [9.17, 15) is 102 Å². The van der Waals surface area contributed by atoms with Crippen molar-refractivity contribution in [2.75, 3.05) is 20.4 Å². The monoisotopic (exact) mass is 1090 g/mol. The van der Waals surface area contributed by atoms with Crippen LogP contribution in [0.25, 0.3) is 21.5 Å². The lowest BCUT2D eigenvalue weighted by Crippen LogP contribution is -2.22. The predicted molar refractivity (Wildman–Crippen MR) is 240 cm³/mol. The van der Waals surface area contributed by atoms with Crippen molar-refractivity contribution >= 4 is 141 Å². The van der Waals surface area contributed by atoms with Crippen molar-refractivity contribution < 1.29 is 97.1 Å². The van der Waals surface area contributed by atoms with Crippen LogP contribution < -0.4 is 20.4 Å². The normalized spacial score (nSPS) is 12.6. The van der Waals surface area contributed by atoms with Crippen LogP contribution in [0.1, 0.15) is 5.56 Å². The number of hydrogen-bond donors (Lipinski definition) is 8.